The summed E-state index contributed by atoms with van der Waals surface area (Å²) in [5.74, 6) is 4.75. The number of hydrogen-bond acceptors (Lipinski definition) is 3. The van der Waals surface area contributed by atoms with Gasteiger partial charge in [0.15, 0.2) is 0 Å². The Morgan fingerprint density at radius 2 is 2.00 bits per heavy atom. The minimum absolute atomic E-state index is 0. The predicted molar refractivity (Wildman–Crippen MR) is 43.2 cm³/mol. The van der Waals surface area contributed by atoms with E-state index < -0.39 is 0 Å². The molecule has 0 atom stereocenters. The molecule has 1 heterocycles. The minimum atomic E-state index is 0. The van der Waals surface area contributed by atoms with Crippen LogP contribution in [0, 0.1) is 0 Å². The number of carbonyl (C=O) groups excluding carboxylic acids is 1. The Bertz CT molecular complexity index is 126. The van der Waals surface area contributed by atoms with E-state index in [1.54, 1.807) is 4.90 Å². The molecule has 11 heavy (non-hydrogen) atoms. The number of nitrogens with zero attached hydrogens (tertiary/aromatic N) is 1. The molecule has 0 saturated carbocycles. The van der Waals surface area contributed by atoms with E-state index in [2.05, 4.69) is 4.84 Å². The molecule has 1 aliphatic rings. The van der Waals surface area contributed by atoms with E-state index in [0.717, 1.165) is 25.9 Å². The van der Waals surface area contributed by atoms with Crippen LogP contribution in [0.25, 0.3) is 0 Å². The van der Waals surface area contributed by atoms with E-state index in [0.29, 0.717) is 0 Å². The van der Waals surface area contributed by atoms with Crippen LogP contribution in [0.5, 0.6) is 0 Å². The maximum absolute atomic E-state index is 11.0. The average molecular weight is 181 g/mol. The Balaban J connectivity index is 0.000001000. The largest absolute Gasteiger partial charge is 0.341 e. The summed E-state index contributed by atoms with van der Waals surface area (Å²) < 4.78 is 0. The summed E-state index contributed by atoms with van der Waals surface area (Å²) in [7, 11) is 0. The SMILES string of the molecule is Cl.NOCC(=O)N1CCCC1. The molecule has 1 fully saturated rings. The molecule has 0 bridgehead atoms. The summed E-state index contributed by atoms with van der Waals surface area (Å²) in [6, 6.07) is 0. The molecule has 1 amide bonds. The Hall–Kier alpha value is -0.320. The molecule has 5 heteroatoms. The molecule has 2 N–H and O–H groups in total. The standard InChI is InChI=1S/C6H12N2O2.ClH/c7-10-5-6(9)8-3-1-2-4-8;/h1-5,7H2;1H. The fourth-order valence-corrected chi connectivity index (χ4v) is 1.13. The van der Waals surface area contributed by atoms with Gasteiger partial charge in [0.05, 0.1) is 0 Å². The zero-order chi connectivity index (χ0) is 7.40. The number of carbonyl (C=O) groups is 1. The molecule has 1 aliphatic heterocycles. The molecular formula is C6H13ClN2O2. The first-order valence-corrected chi connectivity index (χ1v) is 3.44. The van der Waals surface area contributed by atoms with Crippen molar-refractivity contribution in [3.63, 3.8) is 0 Å². The van der Waals surface area contributed by atoms with E-state index >= 15 is 0 Å². The second kappa shape index (κ2) is 5.35. The second-order valence-electron chi connectivity index (χ2n) is 2.40. The lowest BCUT2D eigenvalue weighted by molar-refractivity contribution is -0.135. The van der Waals surface area contributed by atoms with Gasteiger partial charge in [0.25, 0.3) is 5.91 Å². The molecule has 66 valence electrons. The molecule has 4 nitrogen and oxygen atoms in total. The second-order valence-corrected chi connectivity index (χ2v) is 2.40. The zero-order valence-corrected chi connectivity index (χ0v) is 7.10. The molecule has 0 aromatic carbocycles. The molecule has 1 rings (SSSR count). The van der Waals surface area contributed by atoms with Gasteiger partial charge in [-0.1, -0.05) is 0 Å². The van der Waals surface area contributed by atoms with Crippen LogP contribution in [-0.2, 0) is 9.63 Å². The molecule has 0 spiro atoms. The van der Waals surface area contributed by atoms with Crippen molar-refractivity contribution in [3.05, 3.63) is 0 Å². The Labute approximate surface area is 72.0 Å². The molecule has 0 radical (unpaired) electrons. The molecule has 0 aliphatic carbocycles. The van der Waals surface area contributed by atoms with Crippen molar-refractivity contribution in [1.82, 2.24) is 4.90 Å². The van der Waals surface area contributed by atoms with E-state index in [4.69, 9.17) is 5.90 Å². The van der Waals surface area contributed by atoms with Crippen LogP contribution in [0.1, 0.15) is 12.8 Å². The first kappa shape index (κ1) is 10.7. The summed E-state index contributed by atoms with van der Waals surface area (Å²) in [4.78, 5) is 17.0. The van der Waals surface area contributed by atoms with Crippen molar-refractivity contribution in [2.24, 2.45) is 5.90 Å². The number of likely N-dealkylation sites (tertiary alicyclic amines) is 1. The van der Waals surface area contributed by atoms with Crippen LogP contribution in [0.3, 0.4) is 0 Å². The van der Waals surface area contributed by atoms with Gasteiger partial charge in [-0.05, 0) is 12.8 Å². The van der Waals surface area contributed by atoms with Gasteiger partial charge >= 0.3 is 0 Å². The highest BCUT2D eigenvalue weighted by atomic mass is 35.5. The van der Waals surface area contributed by atoms with Crippen LogP contribution in [0.15, 0.2) is 0 Å². The smallest absolute Gasteiger partial charge is 0.250 e. The minimum Gasteiger partial charge on any atom is -0.341 e. The van der Waals surface area contributed by atoms with Gasteiger partial charge in [-0.15, -0.1) is 12.4 Å². The van der Waals surface area contributed by atoms with Crippen molar-refractivity contribution in [2.75, 3.05) is 19.7 Å². The van der Waals surface area contributed by atoms with Crippen LogP contribution in [-0.4, -0.2) is 30.5 Å². The van der Waals surface area contributed by atoms with Crippen LogP contribution in [0.2, 0.25) is 0 Å². The lowest BCUT2D eigenvalue weighted by atomic mass is 10.4. The van der Waals surface area contributed by atoms with E-state index in [1.165, 1.54) is 0 Å². The average Bonchev–Trinajstić information content (AvgIpc) is 2.38. The monoisotopic (exact) mass is 180 g/mol. The van der Waals surface area contributed by atoms with Crippen LogP contribution in [0.4, 0.5) is 0 Å². The molecule has 0 aromatic rings. The van der Waals surface area contributed by atoms with Crippen molar-refractivity contribution >= 4 is 18.3 Å². The van der Waals surface area contributed by atoms with Crippen LogP contribution < -0.4 is 5.90 Å². The van der Waals surface area contributed by atoms with Crippen LogP contribution >= 0.6 is 12.4 Å². The lowest BCUT2D eigenvalue weighted by Crippen LogP contribution is -2.32. The third kappa shape index (κ3) is 3.05. The highest BCUT2D eigenvalue weighted by Crippen LogP contribution is 2.06. The quantitative estimate of drug-likeness (QED) is 0.605. The summed E-state index contributed by atoms with van der Waals surface area (Å²) in [6.45, 7) is 1.74. The summed E-state index contributed by atoms with van der Waals surface area (Å²) in [5, 5.41) is 0. The van der Waals surface area contributed by atoms with Crippen molar-refractivity contribution in [1.29, 1.82) is 0 Å². The fourth-order valence-electron chi connectivity index (χ4n) is 1.13. The number of nitrogens with two attached hydrogens (primary N) is 1. The topological polar surface area (TPSA) is 55.6 Å². The Kier molecular flexibility index (Phi) is 5.19. The maximum Gasteiger partial charge on any atom is 0.250 e. The summed E-state index contributed by atoms with van der Waals surface area (Å²) >= 11 is 0. The Morgan fingerprint density at radius 3 is 2.45 bits per heavy atom. The molecule has 0 unspecified atom stereocenters. The first-order chi connectivity index (χ1) is 4.84. The number of amides is 1. The maximum atomic E-state index is 11.0. The zero-order valence-electron chi connectivity index (χ0n) is 6.28. The molecule has 0 aromatic heterocycles. The third-order valence-corrected chi connectivity index (χ3v) is 1.67. The van der Waals surface area contributed by atoms with Gasteiger partial charge in [0.2, 0.25) is 0 Å². The van der Waals surface area contributed by atoms with Gasteiger partial charge in [0.1, 0.15) is 6.61 Å². The van der Waals surface area contributed by atoms with Gasteiger partial charge < -0.3 is 4.90 Å². The van der Waals surface area contributed by atoms with Gasteiger partial charge in [-0.3, -0.25) is 9.63 Å². The van der Waals surface area contributed by atoms with E-state index in [9.17, 15) is 4.79 Å². The highest BCUT2D eigenvalue weighted by Gasteiger charge is 2.16. The van der Waals surface area contributed by atoms with Gasteiger partial charge in [0, 0.05) is 13.1 Å². The predicted octanol–water partition coefficient (Wildman–Crippen LogP) is -0.0791. The van der Waals surface area contributed by atoms with Gasteiger partial charge in [-0.2, -0.15) is 0 Å². The number of rotatable bonds is 2. The molecular weight excluding hydrogens is 168 g/mol. The fraction of sp³-hybridized carbons (Fsp3) is 0.833. The number of halogens is 1. The highest BCUT2D eigenvalue weighted by molar-refractivity contribution is 5.85. The Morgan fingerprint density at radius 1 is 1.45 bits per heavy atom. The van der Waals surface area contributed by atoms with E-state index in [1.807, 2.05) is 0 Å². The van der Waals surface area contributed by atoms with Gasteiger partial charge in [-0.25, -0.2) is 5.90 Å². The molecule has 1 saturated heterocycles. The van der Waals surface area contributed by atoms with Crippen molar-refractivity contribution in [3.8, 4) is 0 Å². The summed E-state index contributed by atoms with van der Waals surface area (Å²) in [6.07, 6.45) is 2.21. The van der Waals surface area contributed by atoms with Crippen molar-refractivity contribution < 1.29 is 9.63 Å². The van der Waals surface area contributed by atoms with Crippen molar-refractivity contribution in [2.45, 2.75) is 12.8 Å². The normalized spacial score (nSPS) is 16.3. The van der Waals surface area contributed by atoms with E-state index in [-0.39, 0.29) is 24.9 Å². The first-order valence-electron chi connectivity index (χ1n) is 3.44. The lowest BCUT2D eigenvalue weighted by Gasteiger charge is -2.13. The number of hydrogen-bond donors (Lipinski definition) is 1. The third-order valence-electron chi connectivity index (χ3n) is 1.67. The summed E-state index contributed by atoms with van der Waals surface area (Å²) in [5.41, 5.74) is 0.